The lowest BCUT2D eigenvalue weighted by Gasteiger charge is -2.05. The first kappa shape index (κ1) is 11.0. The van der Waals surface area contributed by atoms with Crippen molar-refractivity contribution in [3.8, 4) is 17.4 Å². The summed E-state index contributed by atoms with van der Waals surface area (Å²) >= 11 is 11.6. The standard InChI is InChI=1S/C11H6Cl2NO2/c12-7-5-10(13)11(14-6-7)16-9-3-1-8(15)2-4-9/h1-6H. The van der Waals surface area contributed by atoms with E-state index >= 15 is 0 Å². The molecule has 1 aromatic carbocycles. The fraction of sp³-hybridized carbons (Fsp3) is 0. The van der Waals surface area contributed by atoms with Crippen molar-refractivity contribution >= 4 is 23.2 Å². The Hall–Kier alpha value is -1.45. The van der Waals surface area contributed by atoms with Gasteiger partial charge in [-0.25, -0.2) is 4.98 Å². The van der Waals surface area contributed by atoms with Crippen molar-refractivity contribution in [3.63, 3.8) is 0 Å². The van der Waals surface area contributed by atoms with Gasteiger partial charge < -0.3 is 4.74 Å². The minimum Gasteiger partial charge on any atom is -0.438 e. The summed E-state index contributed by atoms with van der Waals surface area (Å²) in [5, 5.41) is 11.6. The number of nitrogens with zero attached hydrogens (tertiary/aromatic N) is 1. The van der Waals surface area contributed by atoms with Gasteiger partial charge in [0.05, 0.1) is 5.02 Å². The molecular weight excluding hydrogens is 249 g/mol. The molecule has 0 fully saturated rings. The molecule has 16 heavy (non-hydrogen) atoms. The van der Waals surface area contributed by atoms with Crippen molar-refractivity contribution in [1.29, 1.82) is 0 Å². The molecule has 0 aliphatic carbocycles. The molecular formula is C11H6Cl2NO2. The number of hydrogen-bond acceptors (Lipinski definition) is 2. The Morgan fingerprint density at radius 2 is 1.81 bits per heavy atom. The van der Waals surface area contributed by atoms with Crippen LogP contribution in [-0.2, 0) is 5.11 Å². The molecule has 0 aliphatic rings. The van der Waals surface area contributed by atoms with Crippen molar-refractivity contribution in [2.24, 2.45) is 0 Å². The smallest absolute Gasteiger partial charge is 0.238 e. The highest BCUT2D eigenvalue weighted by Gasteiger charge is 2.05. The maximum Gasteiger partial charge on any atom is 0.238 e. The zero-order valence-corrected chi connectivity index (χ0v) is 9.50. The van der Waals surface area contributed by atoms with Crippen LogP contribution in [-0.4, -0.2) is 4.98 Å². The summed E-state index contributed by atoms with van der Waals surface area (Å²) in [5.41, 5.74) is 0. The molecule has 0 amide bonds. The highest BCUT2D eigenvalue weighted by molar-refractivity contribution is 6.35. The zero-order chi connectivity index (χ0) is 11.5. The third-order valence-corrected chi connectivity index (χ3v) is 2.29. The van der Waals surface area contributed by atoms with Crippen LogP contribution in [0.4, 0.5) is 0 Å². The molecule has 3 nitrogen and oxygen atoms in total. The van der Waals surface area contributed by atoms with Crippen molar-refractivity contribution in [2.45, 2.75) is 0 Å². The molecule has 0 spiro atoms. The third kappa shape index (κ3) is 2.56. The first-order valence-corrected chi connectivity index (χ1v) is 5.17. The van der Waals surface area contributed by atoms with Gasteiger partial charge >= 0.3 is 0 Å². The van der Waals surface area contributed by atoms with E-state index in [1.165, 1.54) is 24.4 Å². The highest BCUT2D eigenvalue weighted by Crippen LogP contribution is 2.29. The van der Waals surface area contributed by atoms with Gasteiger partial charge in [0.1, 0.15) is 10.8 Å². The van der Waals surface area contributed by atoms with E-state index in [1.807, 2.05) is 0 Å². The van der Waals surface area contributed by atoms with E-state index in [9.17, 15) is 5.11 Å². The van der Waals surface area contributed by atoms with E-state index in [1.54, 1.807) is 12.1 Å². The molecule has 0 N–H and O–H groups in total. The average molecular weight is 255 g/mol. The summed E-state index contributed by atoms with van der Waals surface area (Å²) < 4.78 is 5.38. The molecule has 0 saturated heterocycles. The van der Waals surface area contributed by atoms with Crippen molar-refractivity contribution < 1.29 is 9.84 Å². The Balaban J connectivity index is 2.23. The number of benzene rings is 1. The largest absolute Gasteiger partial charge is 0.438 e. The van der Waals surface area contributed by atoms with Crippen LogP contribution in [0.5, 0.6) is 17.4 Å². The molecule has 0 saturated carbocycles. The molecule has 0 unspecified atom stereocenters. The Morgan fingerprint density at radius 3 is 2.44 bits per heavy atom. The molecule has 1 heterocycles. The molecule has 81 valence electrons. The topological polar surface area (TPSA) is 42.0 Å². The Labute approximate surface area is 102 Å². The Morgan fingerprint density at radius 1 is 1.12 bits per heavy atom. The highest BCUT2D eigenvalue weighted by atomic mass is 35.5. The van der Waals surface area contributed by atoms with E-state index in [0.717, 1.165) is 0 Å². The number of ether oxygens (including phenoxy) is 1. The maximum atomic E-state index is 10.9. The van der Waals surface area contributed by atoms with E-state index in [0.29, 0.717) is 15.8 Å². The Kier molecular flexibility index (Phi) is 3.17. The predicted molar refractivity (Wildman–Crippen MR) is 60.9 cm³/mol. The van der Waals surface area contributed by atoms with Gasteiger partial charge in [0, 0.05) is 6.20 Å². The van der Waals surface area contributed by atoms with Gasteiger partial charge in [0.25, 0.3) is 0 Å². The second kappa shape index (κ2) is 4.60. The molecule has 1 radical (unpaired) electrons. The second-order valence-electron chi connectivity index (χ2n) is 3.01. The fourth-order valence-corrected chi connectivity index (χ4v) is 1.52. The first-order valence-electron chi connectivity index (χ1n) is 4.41. The van der Waals surface area contributed by atoms with Gasteiger partial charge in [0.2, 0.25) is 5.88 Å². The summed E-state index contributed by atoms with van der Waals surface area (Å²) in [4.78, 5) is 3.93. The summed E-state index contributed by atoms with van der Waals surface area (Å²) in [6.45, 7) is 0. The van der Waals surface area contributed by atoms with Crippen LogP contribution in [0, 0.1) is 0 Å². The summed E-state index contributed by atoms with van der Waals surface area (Å²) in [6, 6.07) is 7.44. The van der Waals surface area contributed by atoms with E-state index < -0.39 is 0 Å². The number of hydrogen-bond donors (Lipinski definition) is 0. The molecule has 0 atom stereocenters. The van der Waals surface area contributed by atoms with Crippen LogP contribution in [0.25, 0.3) is 0 Å². The first-order chi connectivity index (χ1) is 7.65. The van der Waals surface area contributed by atoms with Crippen LogP contribution in [0.2, 0.25) is 10.0 Å². The van der Waals surface area contributed by atoms with Crippen molar-refractivity contribution in [1.82, 2.24) is 4.98 Å². The Bertz CT molecular complexity index is 500. The number of pyridine rings is 1. The van der Waals surface area contributed by atoms with Gasteiger partial charge in [-0.05, 0) is 30.3 Å². The monoisotopic (exact) mass is 254 g/mol. The molecule has 0 aliphatic heterocycles. The quantitative estimate of drug-likeness (QED) is 0.801. The summed E-state index contributed by atoms with van der Waals surface area (Å²) in [7, 11) is 0. The summed E-state index contributed by atoms with van der Waals surface area (Å²) in [5.74, 6) is 0.670. The molecule has 2 rings (SSSR count). The number of halogens is 2. The van der Waals surface area contributed by atoms with Crippen LogP contribution < -0.4 is 4.74 Å². The molecule has 2 aromatic rings. The normalized spacial score (nSPS) is 10.1. The zero-order valence-electron chi connectivity index (χ0n) is 7.98. The van der Waals surface area contributed by atoms with Crippen LogP contribution in [0.15, 0.2) is 36.5 Å². The van der Waals surface area contributed by atoms with Crippen LogP contribution in [0.3, 0.4) is 0 Å². The lowest BCUT2D eigenvalue weighted by molar-refractivity contribution is 0.353. The van der Waals surface area contributed by atoms with Gasteiger partial charge in [-0.1, -0.05) is 23.2 Å². The SMILES string of the molecule is [O]c1ccc(Oc2ncc(Cl)cc2Cl)cc1. The number of rotatable bonds is 2. The maximum absolute atomic E-state index is 10.9. The van der Waals surface area contributed by atoms with Crippen molar-refractivity contribution in [3.05, 3.63) is 46.6 Å². The van der Waals surface area contributed by atoms with Gasteiger partial charge in [0.15, 0.2) is 5.75 Å². The predicted octanol–water partition coefficient (Wildman–Crippen LogP) is 4.32. The van der Waals surface area contributed by atoms with E-state index in [2.05, 4.69) is 4.98 Å². The average Bonchev–Trinajstić information content (AvgIpc) is 2.25. The minimum absolute atomic E-state index is 0.0810. The van der Waals surface area contributed by atoms with E-state index in [-0.39, 0.29) is 11.6 Å². The van der Waals surface area contributed by atoms with E-state index in [4.69, 9.17) is 27.9 Å². The van der Waals surface area contributed by atoms with Gasteiger partial charge in [-0.3, -0.25) is 5.11 Å². The van der Waals surface area contributed by atoms with Gasteiger partial charge in [-0.15, -0.1) is 0 Å². The molecule has 0 bridgehead atoms. The lowest BCUT2D eigenvalue weighted by atomic mass is 10.3. The fourth-order valence-electron chi connectivity index (χ4n) is 1.10. The molecule has 1 aromatic heterocycles. The molecule has 5 heteroatoms. The lowest BCUT2D eigenvalue weighted by Crippen LogP contribution is -1.88. The number of aromatic nitrogens is 1. The summed E-state index contributed by atoms with van der Waals surface area (Å²) in [6.07, 6.45) is 1.44. The van der Waals surface area contributed by atoms with Crippen LogP contribution in [0.1, 0.15) is 0 Å². The van der Waals surface area contributed by atoms with Crippen molar-refractivity contribution in [2.75, 3.05) is 0 Å². The second-order valence-corrected chi connectivity index (χ2v) is 3.86. The minimum atomic E-state index is -0.0810. The van der Waals surface area contributed by atoms with Crippen LogP contribution >= 0.6 is 23.2 Å². The third-order valence-electron chi connectivity index (χ3n) is 1.81. The van der Waals surface area contributed by atoms with Gasteiger partial charge in [-0.2, -0.15) is 0 Å².